The largest absolute Gasteiger partial charge is 0.493 e. The molecular weight excluding hydrogens is 515 g/mol. The number of ether oxygens (including phenoxy) is 2. The van der Waals surface area contributed by atoms with Crippen molar-refractivity contribution in [3.63, 3.8) is 0 Å². The smallest absolute Gasteiger partial charge is 0.254 e. The van der Waals surface area contributed by atoms with E-state index < -0.39 is 0 Å². The van der Waals surface area contributed by atoms with Gasteiger partial charge in [0.25, 0.3) is 5.91 Å². The summed E-state index contributed by atoms with van der Waals surface area (Å²) in [5, 5.41) is 0.723. The van der Waals surface area contributed by atoms with E-state index in [0.717, 1.165) is 5.56 Å². The first kappa shape index (κ1) is 28.4. The van der Waals surface area contributed by atoms with Crippen LogP contribution in [0.5, 0.6) is 11.5 Å². The SMILES string of the molecule is CCC(C)N(CC(=O)N(CCc1ccc(OC)c(OC)c1)Cc1ccco1)C(=O)c1cc(Cl)cc(Cl)c1. The molecule has 2 amide bonds. The van der Waals surface area contributed by atoms with Crippen LogP contribution in [0.4, 0.5) is 0 Å². The average molecular weight is 547 g/mol. The van der Waals surface area contributed by atoms with Gasteiger partial charge in [0, 0.05) is 28.2 Å². The third-order valence-electron chi connectivity index (χ3n) is 6.20. The third-order valence-corrected chi connectivity index (χ3v) is 6.63. The van der Waals surface area contributed by atoms with Crippen LogP contribution >= 0.6 is 23.2 Å². The van der Waals surface area contributed by atoms with Crippen molar-refractivity contribution < 1.29 is 23.5 Å². The van der Waals surface area contributed by atoms with Gasteiger partial charge in [-0.25, -0.2) is 0 Å². The van der Waals surface area contributed by atoms with Crippen LogP contribution in [0, 0.1) is 0 Å². The van der Waals surface area contributed by atoms with Gasteiger partial charge in [-0.1, -0.05) is 36.2 Å². The van der Waals surface area contributed by atoms with E-state index in [1.165, 1.54) is 0 Å². The van der Waals surface area contributed by atoms with Crippen LogP contribution in [0.1, 0.15) is 41.9 Å². The Morgan fingerprint density at radius 3 is 2.30 bits per heavy atom. The minimum absolute atomic E-state index is 0.0926. The highest BCUT2D eigenvalue weighted by atomic mass is 35.5. The third kappa shape index (κ3) is 7.66. The second-order valence-electron chi connectivity index (χ2n) is 8.68. The predicted molar refractivity (Wildman–Crippen MR) is 145 cm³/mol. The van der Waals surface area contributed by atoms with E-state index in [-0.39, 0.29) is 30.9 Å². The van der Waals surface area contributed by atoms with Crippen molar-refractivity contribution in [2.75, 3.05) is 27.3 Å². The molecule has 1 atom stereocenters. The van der Waals surface area contributed by atoms with E-state index in [4.69, 9.17) is 37.1 Å². The van der Waals surface area contributed by atoms with Crippen LogP contribution < -0.4 is 9.47 Å². The summed E-state index contributed by atoms with van der Waals surface area (Å²) < 4.78 is 16.2. The van der Waals surface area contributed by atoms with Gasteiger partial charge in [-0.3, -0.25) is 9.59 Å². The van der Waals surface area contributed by atoms with Gasteiger partial charge in [0.2, 0.25) is 5.91 Å². The number of methoxy groups -OCH3 is 2. The Balaban J connectivity index is 1.82. The molecule has 0 bridgehead atoms. The zero-order valence-corrected chi connectivity index (χ0v) is 23.0. The van der Waals surface area contributed by atoms with Crippen molar-refractivity contribution in [1.29, 1.82) is 0 Å². The topological polar surface area (TPSA) is 72.2 Å². The molecule has 0 aliphatic rings. The molecule has 0 aliphatic carbocycles. The average Bonchev–Trinajstić information content (AvgIpc) is 3.41. The fraction of sp³-hybridized carbons (Fsp3) is 0.357. The monoisotopic (exact) mass is 546 g/mol. The van der Waals surface area contributed by atoms with Gasteiger partial charge >= 0.3 is 0 Å². The molecule has 3 aromatic rings. The van der Waals surface area contributed by atoms with E-state index in [0.29, 0.717) is 52.3 Å². The maximum Gasteiger partial charge on any atom is 0.254 e. The number of hydrogen-bond acceptors (Lipinski definition) is 5. The van der Waals surface area contributed by atoms with Gasteiger partial charge < -0.3 is 23.7 Å². The van der Waals surface area contributed by atoms with Crippen molar-refractivity contribution >= 4 is 35.0 Å². The Kier molecular flexibility index (Phi) is 10.3. The molecule has 2 aromatic carbocycles. The first-order chi connectivity index (χ1) is 17.7. The number of rotatable bonds is 12. The van der Waals surface area contributed by atoms with E-state index in [9.17, 15) is 9.59 Å². The molecule has 7 nitrogen and oxygen atoms in total. The maximum atomic E-state index is 13.6. The van der Waals surface area contributed by atoms with Crippen molar-refractivity contribution in [2.45, 2.75) is 39.3 Å². The lowest BCUT2D eigenvalue weighted by atomic mass is 10.1. The minimum Gasteiger partial charge on any atom is -0.493 e. The molecule has 0 aliphatic heterocycles. The van der Waals surface area contributed by atoms with Crippen LogP contribution in [0.3, 0.4) is 0 Å². The normalized spacial score (nSPS) is 11.6. The molecule has 0 spiro atoms. The highest BCUT2D eigenvalue weighted by molar-refractivity contribution is 6.35. The van der Waals surface area contributed by atoms with Crippen molar-refractivity contribution in [3.05, 3.63) is 81.7 Å². The van der Waals surface area contributed by atoms with Crippen LogP contribution in [-0.2, 0) is 17.8 Å². The number of halogens is 2. The molecule has 1 unspecified atom stereocenters. The molecule has 1 aromatic heterocycles. The quantitative estimate of drug-likeness (QED) is 0.273. The number of carbonyl (C=O) groups excluding carboxylic acids is 2. The molecule has 37 heavy (non-hydrogen) atoms. The lowest BCUT2D eigenvalue weighted by molar-refractivity contribution is -0.133. The first-order valence-corrected chi connectivity index (χ1v) is 12.8. The molecule has 9 heteroatoms. The number of furan rings is 1. The summed E-state index contributed by atoms with van der Waals surface area (Å²) in [6.45, 7) is 4.49. The highest BCUT2D eigenvalue weighted by Crippen LogP contribution is 2.28. The van der Waals surface area contributed by atoms with Gasteiger partial charge in [0.15, 0.2) is 11.5 Å². The van der Waals surface area contributed by atoms with Crippen LogP contribution in [0.15, 0.2) is 59.2 Å². The fourth-order valence-corrected chi connectivity index (χ4v) is 4.45. The molecule has 3 rings (SSSR count). The van der Waals surface area contributed by atoms with Gasteiger partial charge in [-0.15, -0.1) is 0 Å². The fourth-order valence-electron chi connectivity index (χ4n) is 3.92. The number of hydrogen-bond donors (Lipinski definition) is 0. The van der Waals surface area contributed by atoms with E-state index in [2.05, 4.69) is 0 Å². The van der Waals surface area contributed by atoms with Crippen LogP contribution in [0.2, 0.25) is 10.0 Å². The summed E-state index contributed by atoms with van der Waals surface area (Å²) in [4.78, 5) is 30.3. The molecule has 198 valence electrons. The highest BCUT2D eigenvalue weighted by Gasteiger charge is 2.26. The van der Waals surface area contributed by atoms with Gasteiger partial charge in [-0.2, -0.15) is 0 Å². The molecule has 0 saturated heterocycles. The summed E-state index contributed by atoms with van der Waals surface area (Å²) in [6, 6.07) is 13.8. The molecule has 0 radical (unpaired) electrons. The van der Waals surface area contributed by atoms with Crippen molar-refractivity contribution in [2.24, 2.45) is 0 Å². The molecular formula is C28H32Cl2N2O5. The number of carbonyl (C=O) groups is 2. The Hall–Kier alpha value is -3.16. The summed E-state index contributed by atoms with van der Waals surface area (Å²) in [5.41, 5.74) is 1.33. The minimum atomic E-state index is -0.301. The zero-order valence-electron chi connectivity index (χ0n) is 21.5. The number of benzene rings is 2. The van der Waals surface area contributed by atoms with E-state index in [1.54, 1.807) is 54.5 Å². The van der Waals surface area contributed by atoms with E-state index >= 15 is 0 Å². The lowest BCUT2D eigenvalue weighted by Crippen LogP contribution is -2.46. The van der Waals surface area contributed by atoms with Crippen molar-refractivity contribution in [3.8, 4) is 11.5 Å². The summed E-state index contributed by atoms with van der Waals surface area (Å²) in [5.74, 6) is 1.42. The van der Waals surface area contributed by atoms with Crippen molar-refractivity contribution in [1.82, 2.24) is 9.80 Å². The molecule has 0 N–H and O–H groups in total. The Labute approximate surface area is 227 Å². The maximum absolute atomic E-state index is 13.6. The Morgan fingerprint density at radius 2 is 1.70 bits per heavy atom. The van der Waals surface area contributed by atoms with Crippen LogP contribution in [-0.4, -0.2) is 55.0 Å². The van der Waals surface area contributed by atoms with Gasteiger partial charge in [0.05, 0.1) is 27.0 Å². The number of nitrogens with zero attached hydrogens (tertiary/aromatic N) is 2. The molecule has 0 fully saturated rings. The second-order valence-corrected chi connectivity index (χ2v) is 9.56. The Bertz CT molecular complexity index is 1180. The predicted octanol–water partition coefficient (Wildman–Crippen LogP) is 6.12. The van der Waals surface area contributed by atoms with Gasteiger partial charge in [0.1, 0.15) is 12.3 Å². The van der Waals surface area contributed by atoms with Crippen LogP contribution in [0.25, 0.3) is 0 Å². The first-order valence-electron chi connectivity index (χ1n) is 12.0. The summed E-state index contributed by atoms with van der Waals surface area (Å²) >= 11 is 12.3. The molecule has 1 heterocycles. The molecule has 0 saturated carbocycles. The number of amides is 2. The Morgan fingerprint density at radius 1 is 1.00 bits per heavy atom. The zero-order chi connectivity index (χ0) is 26.9. The summed E-state index contributed by atoms with van der Waals surface area (Å²) in [6.07, 6.45) is 2.83. The van der Waals surface area contributed by atoms with E-state index in [1.807, 2.05) is 38.1 Å². The summed E-state index contributed by atoms with van der Waals surface area (Å²) in [7, 11) is 3.17. The lowest BCUT2D eigenvalue weighted by Gasteiger charge is -2.31. The second kappa shape index (κ2) is 13.4. The standard InChI is InChI=1S/C28H32Cl2N2O5/c1-5-19(2)32(28(34)21-14-22(29)16-23(30)15-21)18-27(33)31(17-24-7-6-12-37-24)11-10-20-8-9-25(35-3)26(13-20)36-4/h6-9,12-16,19H,5,10-11,17-18H2,1-4H3. The van der Waals surface area contributed by atoms with Gasteiger partial charge in [-0.05, 0) is 67.8 Å².